The Labute approximate surface area is 159 Å². The molecule has 0 spiro atoms. The van der Waals surface area contributed by atoms with Crippen LogP contribution in [0.4, 0.5) is 17.2 Å². The fourth-order valence-corrected chi connectivity index (χ4v) is 3.31. The Bertz CT molecular complexity index is 818. The Hall–Kier alpha value is -2.48. The summed E-state index contributed by atoms with van der Waals surface area (Å²) in [4.78, 5) is 29.2. The fourth-order valence-electron chi connectivity index (χ4n) is 3.05. The van der Waals surface area contributed by atoms with Gasteiger partial charge in [0.2, 0.25) is 5.91 Å². The summed E-state index contributed by atoms with van der Waals surface area (Å²) in [6, 6.07) is 9.24. The zero-order valence-corrected chi connectivity index (χ0v) is 15.9. The van der Waals surface area contributed by atoms with E-state index >= 15 is 0 Å². The van der Waals surface area contributed by atoms with E-state index in [1.165, 1.54) is 6.20 Å². The predicted octanol–water partition coefficient (Wildman–Crippen LogP) is 3.92. The minimum Gasteiger partial charge on any atom is -0.357 e. The number of anilines is 2. The standard InChI is InChI=1S/C18H19BrN4O3/c1-12-10-17(20-11-16(12)23(25)26)22-8-6-13(7-9-22)18(24)21-15-4-2-14(19)3-5-15/h2-5,10-11,13H,6-9H2,1H3,(H,21,24). The van der Waals surface area contributed by atoms with Crippen LogP contribution in [0.3, 0.4) is 0 Å². The van der Waals surface area contributed by atoms with Gasteiger partial charge in [-0.3, -0.25) is 14.9 Å². The summed E-state index contributed by atoms with van der Waals surface area (Å²) < 4.78 is 0.967. The zero-order valence-electron chi connectivity index (χ0n) is 14.3. The predicted molar refractivity (Wildman–Crippen MR) is 103 cm³/mol. The van der Waals surface area contributed by atoms with Crippen LogP contribution in [0.25, 0.3) is 0 Å². The summed E-state index contributed by atoms with van der Waals surface area (Å²) in [6.07, 6.45) is 2.75. The molecule has 0 saturated carbocycles. The van der Waals surface area contributed by atoms with Crippen LogP contribution in [-0.4, -0.2) is 28.9 Å². The van der Waals surface area contributed by atoms with Crippen molar-refractivity contribution in [2.24, 2.45) is 5.92 Å². The molecular weight excluding hydrogens is 400 g/mol. The highest BCUT2D eigenvalue weighted by Crippen LogP contribution is 2.26. The molecule has 0 radical (unpaired) electrons. The maximum absolute atomic E-state index is 12.4. The van der Waals surface area contributed by atoms with Crippen molar-refractivity contribution < 1.29 is 9.72 Å². The minimum absolute atomic E-state index is 0.0255. The largest absolute Gasteiger partial charge is 0.357 e. The van der Waals surface area contributed by atoms with E-state index in [1.807, 2.05) is 24.3 Å². The van der Waals surface area contributed by atoms with E-state index in [4.69, 9.17) is 0 Å². The van der Waals surface area contributed by atoms with Gasteiger partial charge in [-0.05, 0) is 50.1 Å². The van der Waals surface area contributed by atoms with E-state index in [-0.39, 0.29) is 17.5 Å². The molecule has 0 bridgehead atoms. The van der Waals surface area contributed by atoms with Gasteiger partial charge in [0.25, 0.3) is 5.69 Å². The number of piperidine rings is 1. The highest BCUT2D eigenvalue weighted by Gasteiger charge is 2.26. The number of nitro groups is 1. The number of aryl methyl sites for hydroxylation is 1. The van der Waals surface area contributed by atoms with Gasteiger partial charge in [0.05, 0.1) is 4.92 Å². The number of hydrogen-bond donors (Lipinski definition) is 1. The van der Waals surface area contributed by atoms with Crippen molar-refractivity contribution >= 4 is 39.0 Å². The second kappa shape index (κ2) is 7.82. The molecule has 1 aromatic carbocycles. The highest BCUT2D eigenvalue weighted by molar-refractivity contribution is 9.10. The second-order valence-corrected chi connectivity index (χ2v) is 7.26. The summed E-state index contributed by atoms with van der Waals surface area (Å²) >= 11 is 3.37. The molecule has 1 aliphatic heterocycles. The zero-order chi connectivity index (χ0) is 18.7. The van der Waals surface area contributed by atoms with Crippen molar-refractivity contribution in [2.75, 3.05) is 23.3 Å². The Morgan fingerprint density at radius 3 is 2.54 bits per heavy atom. The molecule has 1 amide bonds. The number of carbonyl (C=O) groups is 1. The monoisotopic (exact) mass is 418 g/mol. The number of halogens is 1. The molecule has 1 aliphatic rings. The topological polar surface area (TPSA) is 88.4 Å². The van der Waals surface area contributed by atoms with E-state index in [0.717, 1.165) is 28.8 Å². The lowest BCUT2D eigenvalue weighted by Crippen LogP contribution is -2.38. The van der Waals surface area contributed by atoms with Crippen molar-refractivity contribution in [3.63, 3.8) is 0 Å². The molecule has 3 rings (SSSR count). The second-order valence-electron chi connectivity index (χ2n) is 6.34. The van der Waals surface area contributed by atoms with Crippen molar-refractivity contribution in [1.82, 2.24) is 4.98 Å². The number of nitrogens with one attached hydrogen (secondary N) is 1. The molecule has 26 heavy (non-hydrogen) atoms. The molecule has 0 unspecified atom stereocenters. The Balaban J connectivity index is 1.58. The lowest BCUT2D eigenvalue weighted by Gasteiger charge is -2.32. The summed E-state index contributed by atoms with van der Waals surface area (Å²) in [6.45, 7) is 3.10. The van der Waals surface area contributed by atoms with Crippen LogP contribution in [0, 0.1) is 23.0 Å². The van der Waals surface area contributed by atoms with Gasteiger partial charge in [0.1, 0.15) is 12.0 Å². The number of benzene rings is 1. The van der Waals surface area contributed by atoms with Crippen LogP contribution in [-0.2, 0) is 4.79 Å². The minimum atomic E-state index is -0.426. The van der Waals surface area contributed by atoms with Crippen LogP contribution in [0.1, 0.15) is 18.4 Å². The molecule has 1 aromatic heterocycles. The number of aromatic nitrogens is 1. The third kappa shape index (κ3) is 4.19. The van der Waals surface area contributed by atoms with E-state index in [1.54, 1.807) is 13.0 Å². The maximum Gasteiger partial charge on any atom is 0.290 e. The first kappa shape index (κ1) is 18.3. The molecule has 7 nitrogen and oxygen atoms in total. The summed E-state index contributed by atoms with van der Waals surface area (Å²) in [5.74, 6) is 0.703. The van der Waals surface area contributed by atoms with Crippen LogP contribution >= 0.6 is 15.9 Å². The van der Waals surface area contributed by atoms with Crippen LogP contribution in [0.2, 0.25) is 0 Å². The van der Waals surface area contributed by atoms with Gasteiger partial charge in [-0.25, -0.2) is 4.98 Å². The van der Waals surface area contributed by atoms with Gasteiger partial charge >= 0.3 is 0 Å². The first-order valence-electron chi connectivity index (χ1n) is 8.36. The quantitative estimate of drug-likeness (QED) is 0.600. The van der Waals surface area contributed by atoms with Crippen molar-refractivity contribution in [1.29, 1.82) is 0 Å². The lowest BCUT2D eigenvalue weighted by molar-refractivity contribution is -0.385. The van der Waals surface area contributed by atoms with Crippen molar-refractivity contribution in [2.45, 2.75) is 19.8 Å². The molecule has 2 heterocycles. The Morgan fingerprint density at radius 2 is 1.96 bits per heavy atom. The van der Waals surface area contributed by atoms with E-state index in [2.05, 4.69) is 31.1 Å². The number of nitrogens with zero attached hydrogens (tertiary/aromatic N) is 3. The van der Waals surface area contributed by atoms with Crippen LogP contribution in [0.15, 0.2) is 41.0 Å². The van der Waals surface area contributed by atoms with E-state index < -0.39 is 4.92 Å². The lowest BCUT2D eigenvalue weighted by atomic mass is 9.95. The van der Waals surface area contributed by atoms with E-state index in [0.29, 0.717) is 18.7 Å². The third-order valence-electron chi connectivity index (χ3n) is 4.57. The normalized spacial score (nSPS) is 14.9. The van der Waals surface area contributed by atoms with Gasteiger partial charge in [-0.1, -0.05) is 15.9 Å². The number of amides is 1. The smallest absolute Gasteiger partial charge is 0.290 e. The van der Waals surface area contributed by atoms with Gasteiger partial charge < -0.3 is 10.2 Å². The SMILES string of the molecule is Cc1cc(N2CCC(C(=O)Nc3ccc(Br)cc3)CC2)ncc1[N+](=O)[O-]. The number of rotatable bonds is 4. The molecule has 1 saturated heterocycles. The molecule has 0 atom stereocenters. The highest BCUT2D eigenvalue weighted by atomic mass is 79.9. The summed E-state index contributed by atoms with van der Waals surface area (Å²) in [5, 5.41) is 13.9. The van der Waals surface area contributed by atoms with Gasteiger partial charge in [-0.15, -0.1) is 0 Å². The first-order valence-corrected chi connectivity index (χ1v) is 9.16. The molecule has 8 heteroatoms. The number of pyridine rings is 1. The van der Waals surface area contributed by atoms with Crippen LogP contribution in [0.5, 0.6) is 0 Å². The van der Waals surface area contributed by atoms with Gasteiger partial charge in [0.15, 0.2) is 0 Å². The van der Waals surface area contributed by atoms with Gasteiger partial charge in [0, 0.05) is 34.7 Å². The average molecular weight is 419 g/mol. The number of hydrogen-bond acceptors (Lipinski definition) is 5. The molecule has 1 N–H and O–H groups in total. The Kier molecular flexibility index (Phi) is 5.51. The molecule has 0 aliphatic carbocycles. The van der Waals surface area contributed by atoms with Crippen molar-refractivity contribution in [3.8, 4) is 0 Å². The van der Waals surface area contributed by atoms with Crippen LogP contribution < -0.4 is 10.2 Å². The average Bonchev–Trinajstić information content (AvgIpc) is 2.63. The van der Waals surface area contributed by atoms with Crippen molar-refractivity contribution in [3.05, 3.63) is 56.7 Å². The van der Waals surface area contributed by atoms with E-state index in [9.17, 15) is 14.9 Å². The Morgan fingerprint density at radius 1 is 1.31 bits per heavy atom. The fraction of sp³-hybridized carbons (Fsp3) is 0.333. The first-order chi connectivity index (χ1) is 12.4. The summed E-state index contributed by atoms with van der Waals surface area (Å²) in [5.41, 5.74) is 1.40. The van der Waals surface area contributed by atoms with Gasteiger partial charge in [-0.2, -0.15) is 0 Å². The third-order valence-corrected chi connectivity index (χ3v) is 5.10. The molecule has 1 fully saturated rings. The maximum atomic E-state index is 12.4. The number of carbonyl (C=O) groups excluding carboxylic acids is 1. The molecule has 136 valence electrons. The molecular formula is C18H19BrN4O3. The molecule has 2 aromatic rings. The summed E-state index contributed by atoms with van der Waals surface area (Å²) in [7, 11) is 0.